The van der Waals surface area contributed by atoms with E-state index in [0.717, 1.165) is 67.6 Å². The lowest BCUT2D eigenvalue weighted by Gasteiger charge is -2.34. The molecule has 0 unspecified atom stereocenters. The highest BCUT2D eigenvalue weighted by molar-refractivity contribution is 5.76. The van der Waals surface area contributed by atoms with Gasteiger partial charge in [-0.2, -0.15) is 0 Å². The van der Waals surface area contributed by atoms with E-state index in [1.54, 1.807) is 7.11 Å². The first-order chi connectivity index (χ1) is 12.3. The molecule has 2 aromatic heterocycles. The Kier molecular flexibility index (Phi) is 4.63. The number of H-pyrrole nitrogens is 1. The molecule has 6 nitrogen and oxygen atoms in total. The van der Waals surface area contributed by atoms with E-state index in [-0.39, 0.29) is 0 Å². The molecular weight excluding hydrogens is 314 g/mol. The van der Waals surface area contributed by atoms with Crippen molar-refractivity contribution in [3.05, 3.63) is 54.1 Å². The maximum atomic E-state index is 5.27. The van der Waals surface area contributed by atoms with Gasteiger partial charge < -0.3 is 9.72 Å². The molecule has 0 atom stereocenters. The van der Waals surface area contributed by atoms with Crippen LogP contribution in [0.4, 0.5) is 0 Å². The van der Waals surface area contributed by atoms with Gasteiger partial charge in [0.25, 0.3) is 0 Å². The molecule has 1 aliphatic heterocycles. The number of benzene rings is 1. The third-order valence-electron chi connectivity index (χ3n) is 4.69. The van der Waals surface area contributed by atoms with E-state index in [9.17, 15) is 0 Å². The van der Waals surface area contributed by atoms with Crippen molar-refractivity contribution in [2.24, 2.45) is 0 Å². The van der Waals surface area contributed by atoms with E-state index in [1.807, 2.05) is 30.5 Å². The van der Waals surface area contributed by atoms with Crippen molar-refractivity contribution >= 4 is 11.0 Å². The molecule has 0 aliphatic carbocycles. The van der Waals surface area contributed by atoms with Gasteiger partial charge in [-0.1, -0.05) is 6.07 Å². The largest absolute Gasteiger partial charge is 0.497 e. The van der Waals surface area contributed by atoms with Crippen LogP contribution in [0.25, 0.3) is 11.0 Å². The van der Waals surface area contributed by atoms with Crippen molar-refractivity contribution < 1.29 is 4.74 Å². The van der Waals surface area contributed by atoms with Gasteiger partial charge in [0.15, 0.2) is 0 Å². The molecule has 1 aromatic carbocycles. The lowest BCUT2D eigenvalue weighted by molar-refractivity contribution is 0.119. The number of pyridine rings is 1. The Hall–Kier alpha value is -2.44. The molecule has 1 aliphatic rings. The standard InChI is InChI=1S/C19H23N5O/c1-25-16-5-6-17-18(12-16)22-19(21-17)14-24-10-8-23(9-11-24)13-15-4-2-3-7-20-15/h2-7,12H,8-11,13-14H2,1H3,(H,21,22). The van der Waals surface area contributed by atoms with Crippen LogP contribution in [0.15, 0.2) is 42.6 Å². The summed E-state index contributed by atoms with van der Waals surface area (Å²) in [6, 6.07) is 12.0. The molecule has 130 valence electrons. The van der Waals surface area contributed by atoms with Crippen molar-refractivity contribution in [3.8, 4) is 5.75 Å². The molecule has 0 spiro atoms. The monoisotopic (exact) mass is 337 g/mol. The first-order valence-electron chi connectivity index (χ1n) is 8.67. The van der Waals surface area contributed by atoms with E-state index in [0.29, 0.717) is 0 Å². The number of aromatic amines is 1. The summed E-state index contributed by atoms with van der Waals surface area (Å²) in [5.41, 5.74) is 3.16. The van der Waals surface area contributed by atoms with E-state index >= 15 is 0 Å². The fourth-order valence-corrected chi connectivity index (χ4v) is 3.28. The molecule has 3 heterocycles. The maximum absolute atomic E-state index is 5.27. The zero-order valence-electron chi connectivity index (χ0n) is 14.5. The van der Waals surface area contributed by atoms with Crippen LogP contribution in [-0.4, -0.2) is 58.0 Å². The number of rotatable bonds is 5. The van der Waals surface area contributed by atoms with E-state index in [2.05, 4.69) is 31.9 Å². The van der Waals surface area contributed by atoms with Crippen LogP contribution in [0, 0.1) is 0 Å². The molecule has 0 amide bonds. The molecule has 1 N–H and O–H groups in total. The van der Waals surface area contributed by atoms with Gasteiger partial charge in [-0.3, -0.25) is 14.8 Å². The average molecular weight is 337 g/mol. The summed E-state index contributed by atoms with van der Waals surface area (Å²) in [6.45, 7) is 6.00. The molecule has 0 saturated carbocycles. The van der Waals surface area contributed by atoms with Crippen LogP contribution in [0.3, 0.4) is 0 Å². The van der Waals surface area contributed by atoms with E-state index < -0.39 is 0 Å². The van der Waals surface area contributed by atoms with Gasteiger partial charge in [-0.25, -0.2) is 4.98 Å². The van der Waals surface area contributed by atoms with Crippen LogP contribution in [0.1, 0.15) is 11.5 Å². The van der Waals surface area contributed by atoms with Gasteiger partial charge in [0.1, 0.15) is 11.6 Å². The summed E-state index contributed by atoms with van der Waals surface area (Å²) in [7, 11) is 1.68. The third-order valence-corrected chi connectivity index (χ3v) is 4.69. The minimum Gasteiger partial charge on any atom is -0.497 e. The number of nitrogens with zero attached hydrogens (tertiary/aromatic N) is 4. The summed E-state index contributed by atoms with van der Waals surface area (Å²) in [4.78, 5) is 17.4. The summed E-state index contributed by atoms with van der Waals surface area (Å²) in [5.74, 6) is 1.87. The van der Waals surface area contributed by atoms with E-state index in [4.69, 9.17) is 9.72 Å². The summed E-state index contributed by atoms with van der Waals surface area (Å²) in [6.07, 6.45) is 1.86. The Balaban J connectivity index is 1.34. The number of nitrogens with one attached hydrogen (secondary N) is 1. The molecule has 1 fully saturated rings. The lowest BCUT2D eigenvalue weighted by Crippen LogP contribution is -2.45. The Morgan fingerprint density at radius 2 is 1.84 bits per heavy atom. The van der Waals surface area contributed by atoms with Crippen LogP contribution < -0.4 is 4.74 Å². The highest BCUT2D eigenvalue weighted by atomic mass is 16.5. The fourth-order valence-electron chi connectivity index (χ4n) is 3.28. The van der Waals surface area contributed by atoms with Crippen LogP contribution in [-0.2, 0) is 13.1 Å². The number of piperazine rings is 1. The number of methoxy groups -OCH3 is 1. The number of imidazole rings is 1. The van der Waals surface area contributed by atoms with Crippen LogP contribution >= 0.6 is 0 Å². The topological polar surface area (TPSA) is 57.3 Å². The SMILES string of the molecule is COc1ccc2nc(CN3CCN(Cc4ccccn4)CC3)[nH]c2c1. The summed E-state index contributed by atoms with van der Waals surface area (Å²) >= 11 is 0. The molecule has 25 heavy (non-hydrogen) atoms. The van der Waals surface area contributed by atoms with Gasteiger partial charge in [-0.15, -0.1) is 0 Å². The Labute approximate surface area is 147 Å². The molecule has 0 radical (unpaired) electrons. The Morgan fingerprint density at radius 3 is 2.56 bits per heavy atom. The van der Waals surface area contributed by atoms with Crippen molar-refractivity contribution in [3.63, 3.8) is 0 Å². The third kappa shape index (κ3) is 3.81. The predicted molar refractivity (Wildman–Crippen MR) is 97.4 cm³/mol. The van der Waals surface area contributed by atoms with Crippen LogP contribution in [0.2, 0.25) is 0 Å². The first-order valence-corrected chi connectivity index (χ1v) is 8.67. The summed E-state index contributed by atoms with van der Waals surface area (Å²) in [5, 5.41) is 0. The second-order valence-corrected chi connectivity index (χ2v) is 6.44. The van der Waals surface area contributed by atoms with Crippen molar-refractivity contribution in [2.45, 2.75) is 13.1 Å². The highest BCUT2D eigenvalue weighted by Gasteiger charge is 2.18. The molecule has 3 aromatic rings. The van der Waals surface area contributed by atoms with Crippen molar-refractivity contribution in [1.82, 2.24) is 24.8 Å². The zero-order valence-corrected chi connectivity index (χ0v) is 14.5. The van der Waals surface area contributed by atoms with Gasteiger partial charge in [0, 0.05) is 45.0 Å². The van der Waals surface area contributed by atoms with Gasteiger partial charge in [0.05, 0.1) is 30.4 Å². The first kappa shape index (κ1) is 16.1. The Bertz CT molecular complexity index is 824. The van der Waals surface area contributed by atoms with Gasteiger partial charge in [-0.05, 0) is 24.3 Å². The fraction of sp³-hybridized carbons (Fsp3) is 0.368. The molecule has 0 bridgehead atoms. The number of hydrogen-bond acceptors (Lipinski definition) is 5. The molecule has 4 rings (SSSR count). The number of fused-ring (bicyclic) bond motifs is 1. The van der Waals surface area contributed by atoms with Gasteiger partial charge in [0.2, 0.25) is 0 Å². The minimum absolute atomic E-state index is 0.853. The molecule has 6 heteroatoms. The van der Waals surface area contributed by atoms with Crippen molar-refractivity contribution in [1.29, 1.82) is 0 Å². The van der Waals surface area contributed by atoms with Crippen LogP contribution in [0.5, 0.6) is 5.75 Å². The normalized spacial score (nSPS) is 16.4. The Morgan fingerprint density at radius 1 is 1.04 bits per heavy atom. The average Bonchev–Trinajstić information content (AvgIpc) is 3.05. The quantitative estimate of drug-likeness (QED) is 0.774. The lowest BCUT2D eigenvalue weighted by atomic mass is 10.2. The summed E-state index contributed by atoms with van der Waals surface area (Å²) < 4.78 is 5.27. The number of ether oxygens (including phenoxy) is 1. The zero-order chi connectivity index (χ0) is 17.1. The smallest absolute Gasteiger partial charge is 0.121 e. The molecular formula is C19H23N5O. The maximum Gasteiger partial charge on any atom is 0.121 e. The predicted octanol–water partition coefficient (Wildman–Crippen LogP) is 2.28. The number of hydrogen-bond donors (Lipinski definition) is 1. The van der Waals surface area contributed by atoms with E-state index in [1.165, 1.54) is 0 Å². The minimum atomic E-state index is 0.853. The second-order valence-electron chi connectivity index (χ2n) is 6.44. The molecule has 1 saturated heterocycles. The van der Waals surface area contributed by atoms with Gasteiger partial charge >= 0.3 is 0 Å². The second kappa shape index (κ2) is 7.21. The number of aromatic nitrogens is 3. The highest BCUT2D eigenvalue weighted by Crippen LogP contribution is 2.19. The van der Waals surface area contributed by atoms with Crippen molar-refractivity contribution in [2.75, 3.05) is 33.3 Å².